The number of aromatic nitrogens is 2. The van der Waals surface area contributed by atoms with E-state index in [0.29, 0.717) is 0 Å². The van der Waals surface area contributed by atoms with Crippen molar-refractivity contribution >= 4 is 23.2 Å². The van der Waals surface area contributed by atoms with Crippen LogP contribution in [0.1, 0.15) is 11.1 Å². The molecular formula is C12H6Cl2FN3O. The van der Waals surface area contributed by atoms with E-state index in [1.165, 1.54) is 18.5 Å². The summed E-state index contributed by atoms with van der Waals surface area (Å²) in [7, 11) is 0. The zero-order valence-electron chi connectivity index (χ0n) is 9.40. The lowest BCUT2D eigenvalue weighted by atomic mass is 10.1. The molecule has 1 aromatic carbocycles. The topological polar surface area (TPSA) is 58.7 Å². The third-order valence-corrected chi connectivity index (χ3v) is 3.19. The molecule has 7 heteroatoms. The first kappa shape index (κ1) is 13.5. The van der Waals surface area contributed by atoms with Crippen LogP contribution in [-0.4, -0.2) is 9.55 Å². The van der Waals surface area contributed by atoms with E-state index in [9.17, 15) is 9.18 Å². The first-order chi connectivity index (χ1) is 9.02. The molecule has 0 radical (unpaired) electrons. The number of halogens is 3. The van der Waals surface area contributed by atoms with E-state index in [0.717, 1.165) is 10.6 Å². The van der Waals surface area contributed by atoms with Crippen molar-refractivity contribution in [2.45, 2.75) is 6.54 Å². The standard InChI is InChI=1S/C12H6Cl2FN3O/c13-10-11(14)17-6-18(12(10)19)5-8-2-1-7(4-16)3-9(8)15/h1-3,6H,5H2. The van der Waals surface area contributed by atoms with Crippen LogP contribution in [-0.2, 0) is 6.54 Å². The van der Waals surface area contributed by atoms with Gasteiger partial charge in [-0.1, -0.05) is 29.3 Å². The highest BCUT2D eigenvalue weighted by Gasteiger charge is 2.10. The van der Waals surface area contributed by atoms with Crippen LogP contribution in [0.5, 0.6) is 0 Å². The summed E-state index contributed by atoms with van der Waals surface area (Å²) in [6.45, 7) is -0.0414. The maximum Gasteiger partial charge on any atom is 0.273 e. The van der Waals surface area contributed by atoms with Gasteiger partial charge in [0.15, 0.2) is 5.15 Å². The fraction of sp³-hybridized carbons (Fsp3) is 0.0833. The summed E-state index contributed by atoms with van der Waals surface area (Å²) in [6, 6.07) is 5.83. The molecule has 4 nitrogen and oxygen atoms in total. The molecule has 0 unspecified atom stereocenters. The van der Waals surface area contributed by atoms with Crippen molar-refractivity contribution in [1.29, 1.82) is 5.26 Å². The van der Waals surface area contributed by atoms with Gasteiger partial charge >= 0.3 is 0 Å². The van der Waals surface area contributed by atoms with Crippen molar-refractivity contribution in [2.24, 2.45) is 0 Å². The number of nitriles is 1. The maximum absolute atomic E-state index is 13.7. The molecule has 19 heavy (non-hydrogen) atoms. The summed E-state index contributed by atoms with van der Waals surface area (Å²) in [6.07, 6.45) is 1.19. The third kappa shape index (κ3) is 2.75. The number of hydrogen-bond acceptors (Lipinski definition) is 3. The van der Waals surface area contributed by atoms with E-state index in [1.54, 1.807) is 0 Å². The average Bonchev–Trinajstić information content (AvgIpc) is 2.41. The van der Waals surface area contributed by atoms with Crippen LogP contribution in [0.3, 0.4) is 0 Å². The highest BCUT2D eigenvalue weighted by atomic mass is 35.5. The zero-order valence-corrected chi connectivity index (χ0v) is 10.9. The van der Waals surface area contributed by atoms with Gasteiger partial charge in [-0.05, 0) is 12.1 Å². The van der Waals surface area contributed by atoms with E-state index in [-0.39, 0.29) is 27.8 Å². The molecule has 2 rings (SSSR count). The van der Waals surface area contributed by atoms with Gasteiger partial charge in [0, 0.05) is 5.56 Å². The molecular weight excluding hydrogens is 292 g/mol. The minimum Gasteiger partial charge on any atom is -0.293 e. The molecule has 0 spiro atoms. The van der Waals surface area contributed by atoms with Crippen LogP contribution in [0, 0.1) is 17.1 Å². The maximum atomic E-state index is 13.7. The molecule has 0 N–H and O–H groups in total. The van der Waals surface area contributed by atoms with E-state index >= 15 is 0 Å². The van der Waals surface area contributed by atoms with Gasteiger partial charge < -0.3 is 0 Å². The summed E-state index contributed by atoms with van der Waals surface area (Å²) in [5, 5.41) is 8.34. The first-order valence-corrected chi connectivity index (χ1v) is 5.87. The lowest BCUT2D eigenvalue weighted by Crippen LogP contribution is -2.22. The quantitative estimate of drug-likeness (QED) is 0.801. The minimum absolute atomic E-state index is 0.0414. The van der Waals surface area contributed by atoms with Crippen LogP contribution in [0.2, 0.25) is 10.2 Å². The molecule has 0 aliphatic carbocycles. The molecule has 96 valence electrons. The smallest absolute Gasteiger partial charge is 0.273 e. The summed E-state index contributed by atoms with van der Waals surface area (Å²) in [5.74, 6) is -0.572. The molecule has 0 fully saturated rings. The number of benzene rings is 1. The Hall–Kier alpha value is -1.90. The Labute approximate surface area is 117 Å². The van der Waals surface area contributed by atoms with Gasteiger partial charge in [0.25, 0.3) is 5.56 Å². The fourth-order valence-corrected chi connectivity index (χ4v) is 1.77. The SMILES string of the molecule is N#Cc1ccc(Cn2cnc(Cl)c(Cl)c2=O)c(F)c1. The lowest BCUT2D eigenvalue weighted by molar-refractivity contribution is 0.594. The summed E-state index contributed by atoms with van der Waals surface area (Å²) >= 11 is 11.3. The summed E-state index contributed by atoms with van der Waals surface area (Å²) in [4.78, 5) is 15.5. The van der Waals surface area contributed by atoms with Crippen LogP contribution in [0.25, 0.3) is 0 Å². The van der Waals surface area contributed by atoms with Gasteiger partial charge in [-0.3, -0.25) is 9.36 Å². The molecule has 0 saturated heterocycles. The number of rotatable bonds is 2. The molecule has 1 aromatic heterocycles. The van der Waals surface area contributed by atoms with Gasteiger partial charge in [0.2, 0.25) is 0 Å². The van der Waals surface area contributed by atoms with E-state index in [2.05, 4.69) is 4.98 Å². The Bertz CT molecular complexity index is 737. The monoisotopic (exact) mass is 297 g/mol. The molecule has 0 aliphatic rings. The molecule has 0 atom stereocenters. The highest BCUT2D eigenvalue weighted by Crippen LogP contribution is 2.14. The number of hydrogen-bond donors (Lipinski definition) is 0. The second-order valence-electron chi connectivity index (χ2n) is 3.70. The first-order valence-electron chi connectivity index (χ1n) is 5.12. The van der Waals surface area contributed by atoms with Gasteiger partial charge in [-0.15, -0.1) is 0 Å². The van der Waals surface area contributed by atoms with Gasteiger partial charge in [0.1, 0.15) is 10.8 Å². The predicted molar refractivity (Wildman–Crippen MR) is 68.7 cm³/mol. The Balaban J connectivity index is 2.40. The van der Waals surface area contributed by atoms with Crippen LogP contribution in [0.4, 0.5) is 4.39 Å². The minimum atomic E-state index is -0.572. The zero-order chi connectivity index (χ0) is 14.0. The highest BCUT2D eigenvalue weighted by molar-refractivity contribution is 6.40. The Morgan fingerprint density at radius 3 is 2.79 bits per heavy atom. The molecule has 0 bridgehead atoms. The van der Waals surface area contributed by atoms with Crippen molar-refractivity contribution in [2.75, 3.05) is 0 Å². The molecule has 0 amide bonds. The van der Waals surface area contributed by atoms with Crippen LogP contribution >= 0.6 is 23.2 Å². The van der Waals surface area contributed by atoms with Crippen molar-refractivity contribution < 1.29 is 4.39 Å². The third-order valence-electron chi connectivity index (χ3n) is 2.46. The average molecular weight is 298 g/mol. The number of nitrogens with zero attached hydrogens (tertiary/aromatic N) is 3. The van der Waals surface area contributed by atoms with E-state index < -0.39 is 11.4 Å². The molecule has 0 saturated carbocycles. The summed E-state index contributed by atoms with van der Waals surface area (Å²) < 4.78 is 14.8. The van der Waals surface area contributed by atoms with Crippen molar-refractivity contribution in [3.63, 3.8) is 0 Å². The largest absolute Gasteiger partial charge is 0.293 e. The van der Waals surface area contributed by atoms with Crippen molar-refractivity contribution in [3.8, 4) is 6.07 Å². The van der Waals surface area contributed by atoms with Crippen molar-refractivity contribution in [1.82, 2.24) is 9.55 Å². The molecule has 2 aromatic rings. The van der Waals surface area contributed by atoms with Gasteiger partial charge in [-0.2, -0.15) is 5.26 Å². The Morgan fingerprint density at radius 1 is 1.42 bits per heavy atom. The molecule has 1 heterocycles. The Morgan fingerprint density at radius 2 is 2.16 bits per heavy atom. The van der Waals surface area contributed by atoms with Crippen LogP contribution < -0.4 is 5.56 Å². The van der Waals surface area contributed by atoms with E-state index in [4.69, 9.17) is 28.5 Å². The lowest BCUT2D eigenvalue weighted by Gasteiger charge is -2.07. The van der Waals surface area contributed by atoms with Gasteiger partial charge in [-0.25, -0.2) is 9.37 Å². The second kappa shape index (κ2) is 5.39. The van der Waals surface area contributed by atoms with E-state index in [1.807, 2.05) is 6.07 Å². The molecule has 0 aliphatic heterocycles. The predicted octanol–water partition coefficient (Wildman–Crippen LogP) is 2.61. The van der Waals surface area contributed by atoms with Crippen molar-refractivity contribution in [3.05, 3.63) is 62.0 Å². The van der Waals surface area contributed by atoms with Gasteiger partial charge in [0.05, 0.1) is 24.5 Å². The second-order valence-corrected chi connectivity index (χ2v) is 4.44. The normalized spacial score (nSPS) is 10.2. The Kier molecular flexibility index (Phi) is 3.84. The summed E-state index contributed by atoms with van der Waals surface area (Å²) in [5.41, 5.74) is -0.0902. The van der Waals surface area contributed by atoms with Crippen LogP contribution in [0.15, 0.2) is 29.3 Å². The fourth-order valence-electron chi connectivity index (χ4n) is 1.49.